The molecule has 94 valence electrons. The van der Waals surface area contributed by atoms with E-state index in [1.54, 1.807) is 0 Å². The van der Waals surface area contributed by atoms with Gasteiger partial charge in [-0.3, -0.25) is 0 Å². The van der Waals surface area contributed by atoms with Crippen LogP contribution in [0.4, 0.5) is 0 Å². The predicted molar refractivity (Wildman–Crippen MR) is 63.9 cm³/mol. The van der Waals surface area contributed by atoms with Crippen molar-refractivity contribution in [2.75, 3.05) is 7.11 Å². The Morgan fingerprint density at radius 1 is 1.35 bits per heavy atom. The molecule has 0 aliphatic rings. The SMILES string of the molecule is COC(=O)C(O)Cc1ccccc1OC(C)C. The molecule has 0 aliphatic carbocycles. The van der Waals surface area contributed by atoms with Crippen LogP contribution in [-0.4, -0.2) is 30.4 Å². The molecule has 0 amide bonds. The highest BCUT2D eigenvalue weighted by Crippen LogP contribution is 2.21. The minimum absolute atomic E-state index is 0.0476. The molecule has 0 radical (unpaired) electrons. The average Bonchev–Trinajstić information content (AvgIpc) is 2.29. The molecule has 17 heavy (non-hydrogen) atoms. The molecular formula is C13H18O4. The van der Waals surface area contributed by atoms with Gasteiger partial charge in [-0.15, -0.1) is 0 Å². The summed E-state index contributed by atoms with van der Waals surface area (Å²) >= 11 is 0. The van der Waals surface area contributed by atoms with Gasteiger partial charge < -0.3 is 14.6 Å². The van der Waals surface area contributed by atoms with Crippen molar-refractivity contribution >= 4 is 5.97 Å². The molecule has 1 rings (SSSR count). The van der Waals surface area contributed by atoms with Crippen molar-refractivity contribution in [1.29, 1.82) is 0 Å². The highest BCUT2D eigenvalue weighted by Gasteiger charge is 2.18. The van der Waals surface area contributed by atoms with E-state index in [1.165, 1.54) is 7.11 Å². The monoisotopic (exact) mass is 238 g/mol. The Balaban J connectivity index is 2.79. The van der Waals surface area contributed by atoms with E-state index < -0.39 is 12.1 Å². The van der Waals surface area contributed by atoms with E-state index >= 15 is 0 Å². The minimum Gasteiger partial charge on any atom is -0.491 e. The minimum atomic E-state index is -1.16. The van der Waals surface area contributed by atoms with Crippen LogP contribution < -0.4 is 4.74 Å². The molecule has 1 aromatic rings. The molecule has 0 spiro atoms. The van der Waals surface area contributed by atoms with Crippen LogP contribution in [0.5, 0.6) is 5.75 Å². The van der Waals surface area contributed by atoms with E-state index in [9.17, 15) is 9.90 Å². The summed E-state index contributed by atoms with van der Waals surface area (Å²) in [7, 11) is 1.25. The molecule has 4 nitrogen and oxygen atoms in total. The smallest absolute Gasteiger partial charge is 0.335 e. The van der Waals surface area contributed by atoms with Crippen LogP contribution in [0.3, 0.4) is 0 Å². The summed E-state index contributed by atoms with van der Waals surface area (Å²) in [6.45, 7) is 3.85. The third-order valence-electron chi connectivity index (χ3n) is 2.22. The first kappa shape index (κ1) is 13.5. The van der Waals surface area contributed by atoms with E-state index in [0.717, 1.165) is 5.56 Å². The number of hydrogen-bond acceptors (Lipinski definition) is 4. The summed E-state index contributed by atoms with van der Waals surface area (Å²) in [6, 6.07) is 7.33. The lowest BCUT2D eigenvalue weighted by Crippen LogP contribution is -2.24. The predicted octanol–water partition coefficient (Wildman–Crippen LogP) is 1.55. The molecule has 0 saturated carbocycles. The zero-order chi connectivity index (χ0) is 12.8. The highest BCUT2D eigenvalue weighted by atomic mass is 16.5. The Hall–Kier alpha value is -1.55. The molecule has 4 heteroatoms. The van der Waals surface area contributed by atoms with Gasteiger partial charge >= 0.3 is 5.97 Å². The standard InChI is InChI=1S/C13H18O4/c1-9(2)17-12-7-5-4-6-10(12)8-11(14)13(15)16-3/h4-7,9,11,14H,8H2,1-3H3. The van der Waals surface area contributed by atoms with Crippen LogP contribution in [0.25, 0.3) is 0 Å². The van der Waals surface area contributed by atoms with Gasteiger partial charge in [-0.25, -0.2) is 4.79 Å². The van der Waals surface area contributed by atoms with Crippen molar-refractivity contribution in [3.05, 3.63) is 29.8 Å². The fourth-order valence-corrected chi connectivity index (χ4v) is 1.47. The van der Waals surface area contributed by atoms with Gasteiger partial charge in [0.05, 0.1) is 13.2 Å². The molecule has 0 heterocycles. The number of rotatable bonds is 5. The van der Waals surface area contributed by atoms with Crippen LogP contribution in [0.2, 0.25) is 0 Å². The lowest BCUT2D eigenvalue weighted by Gasteiger charge is -2.15. The molecule has 0 saturated heterocycles. The molecule has 0 aromatic heterocycles. The summed E-state index contributed by atoms with van der Waals surface area (Å²) in [5.41, 5.74) is 0.791. The molecular weight excluding hydrogens is 220 g/mol. The Kier molecular flexibility index (Phi) is 4.97. The van der Waals surface area contributed by atoms with Gasteiger partial charge in [0.2, 0.25) is 0 Å². The lowest BCUT2D eigenvalue weighted by atomic mass is 10.1. The van der Waals surface area contributed by atoms with Crippen molar-refractivity contribution in [1.82, 2.24) is 0 Å². The molecule has 0 aliphatic heterocycles. The van der Waals surface area contributed by atoms with Crippen molar-refractivity contribution in [2.24, 2.45) is 0 Å². The van der Waals surface area contributed by atoms with Crippen LogP contribution in [-0.2, 0) is 16.0 Å². The number of ether oxygens (including phenoxy) is 2. The van der Waals surface area contributed by atoms with Crippen molar-refractivity contribution in [2.45, 2.75) is 32.5 Å². The molecule has 1 unspecified atom stereocenters. The Bertz CT molecular complexity index is 373. The normalized spacial score (nSPS) is 12.3. The molecule has 0 fully saturated rings. The zero-order valence-corrected chi connectivity index (χ0v) is 10.3. The number of methoxy groups -OCH3 is 1. The van der Waals surface area contributed by atoms with Crippen molar-refractivity contribution < 1.29 is 19.4 Å². The summed E-state index contributed by atoms with van der Waals surface area (Å²) in [5.74, 6) is 0.0507. The molecule has 0 bridgehead atoms. The van der Waals surface area contributed by atoms with Crippen molar-refractivity contribution in [3.8, 4) is 5.75 Å². The summed E-state index contributed by atoms with van der Waals surface area (Å²) in [6.07, 6.45) is -0.918. The number of esters is 1. The maximum absolute atomic E-state index is 11.1. The molecule has 1 N–H and O–H groups in total. The lowest BCUT2D eigenvalue weighted by molar-refractivity contribution is -0.150. The van der Waals surface area contributed by atoms with Gasteiger partial charge in [-0.2, -0.15) is 0 Å². The van der Waals surface area contributed by atoms with Crippen LogP contribution in [0, 0.1) is 0 Å². The molecule has 1 aromatic carbocycles. The van der Waals surface area contributed by atoms with E-state index in [-0.39, 0.29) is 12.5 Å². The van der Waals surface area contributed by atoms with E-state index in [4.69, 9.17) is 4.74 Å². The second-order valence-corrected chi connectivity index (χ2v) is 4.02. The summed E-state index contributed by atoms with van der Waals surface area (Å²) in [4.78, 5) is 11.1. The Morgan fingerprint density at radius 3 is 2.59 bits per heavy atom. The molecule has 1 atom stereocenters. The Morgan fingerprint density at radius 2 is 2.00 bits per heavy atom. The van der Waals surface area contributed by atoms with Gasteiger partial charge in [0.1, 0.15) is 5.75 Å². The maximum atomic E-state index is 11.1. The largest absolute Gasteiger partial charge is 0.491 e. The number of benzene rings is 1. The maximum Gasteiger partial charge on any atom is 0.335 e. The zero-order valence-electron chi connectivity index (χ0n) is 10.3. The average molecular weight is 238 g/mol. The first-order valence-corrected chi connectivity index (χ1v) is 5.55. The van der Waals surface area contributed by atoms with Gasteiger partial charge in [-0.05, 0) is 25.5 Å². The summed E-state index contributed by atoms with van der Waals surface area (Å²) in [5, 5.41) is 9.60. The van der Waals surface area contributed by atoms with Gasteiger partial charge in [-0.1, -0.05) is 18.2 Å². The van der Waals surface area contributed by atoms with E-state index in [0.29, 0.717) is 5.75 Å². The number of carbonyl (C=O) groups excluding carboxylic acids is 1. The number of aliphatic hydroxyl groups excluding tert-OH is 1. The fraction of sp³-hybridized carbons (Fsp3) is 0.462. The van der Waals surface area contributed by atoms with Crippen molar-refractivity contribution in [3.63, 3.8) is 0 Å². The van der Waals surface area contributed by atoms with E-state index in [2.05, 4.69) is 4.74 Å². The second kappa shape index (κ2) is 6.25. The second-order valence-electron chi connectivity index (χ2n) is 4.02. The van der Waals surface area contributed by atoms with Gasteiger partial charge in [0, 0.05) is 6.42 Å². The van der Waals surface area contributed by atoms with Gasteiger partial charge in [0.25, 0.3) is 0 Å². The first-order chi connectivity index (χ1) is 8.04. The number of aliphatic hydroxyl groups is 1. The summed E-state index contributed by atoms with van der Waals surface area (Å²) < 4.78 is 10.1. The quantitative estimate of drug-likeness (QED) is 0.791. The number of para-hydroxylation sites is 1. The first-order valence-electron chi connectivity index (χ1n) is 5.55. The Labute approximate surface area is 101 Å². The topological polar surface area (TPSA) is 55.8 Å². The number of hydrogen-bond donors (Lipinski definition) is 1. The third-order valence-corrected chi connectivity index (χ3v) is 2.22. The fourth-order valence-electron chi connectivity index (χ4n) is 1.47. The highest BCUT2D eigenvalue weighted by molar-refractivity contribution is 5.74. The van der Waals surface area contributed by atoms with Crippen LogP contribution in [0.15, 0.2) is 24.3 Å². The van der Waals surface area contributed by atoms with Crippen LogP contribution >= 0.6 is 0 Å². The van der Waals surface area contributed by atoms with E-state index in [1.807, 2.05) is 38.1 Å². The van der Waals surface area contributed by atoms with Gasteiger partial charge in [0.15, 0.2) is 6.10 Å². The number of carbonyl (C=O) groups is 1. The third kappa shape index (κ3) is 4.07. The van der Waals surface area contributed by atoms with Crippen LogP contribution in [0.1, 0.15) is 19.4 Å².